The predicted octanol–water partition coefficient (Wildman–Crippen LogP) is 2.45. The van der Waals surface area contributed by atoms with Crippen molar-refractivity contribution in [3.63, 3.8) is 0 Å². The average molecular weight is 425 g/mol. The molecule has 31 heavy (non-hydrogen) atoms. The number of nitrogens with zero attached hydrogens (tertiary/aromatic N) is 2. The molecule has 1 saturated heterocycles. The van der Waals surface area contributed by atoms with Crippen molar-refractivity contribution < 1.29 is 4.79 Å². The topological polar surface area (TPSA) is 91.4 Å². The van der Waals surface area contributed by atoms with Gasteiger partial charge in [0.15, 0.2) is 0 Å². The Kier molecular flexibility index (Phi) is 6.68. The van der Waals surface area contributed by atoms with Gasteiger partial charge in [-0.1, -0.05) is 13.0 Å². The van der Waals surface area contributed by atoms with Gasteiger partial charge < -0.3 is 15.5 Å². The lowest BCUT2D eigenvalue weighted by Gasteiger charge is -2.34. The number of rotatable bonds is 7. The smallest absolute Gasteiger partial charge is 0.253 e. The zero-order valence-corrected chi connectivity index (χ0v) is 18.2. The summed E-state index contributed by atoms with van der Waals surface area (Å²) >= 11 is 0. The minimum absolute atomic E-state index is 0.0389. The number of carbonyl (C=O) groups is 1. The Morgan fingerprint density at radius 1 is 1.06 bits per heavy atom. The number of piperidine rings is 1. The molecule has 1 saturated carbocycles. The molecule has 2 N–H and O–H groups in total. The average Bonchev–Trinajstić information content (AvgIpc) is 2.81. The Labute approximate surface area is 182 Å². The van der Waals surface area contributed by atoms with E-state index in [1.807, 2.05) is 18.2 Å². The van der Waals surface area contributed by atoms with Crippen LogP contribution in [0.2, 0.25) is 0 Å². The van der Waals surface area contributed by atoms with E-state index in [1.165, 1.54) is 0 Å². The number of aromatic nitrogens is 1. The molecule has 1 amide bonds. The second-order valence-electron chi connectivity index (χ2n) is 9.19. The maximum atomic E-state index is 12.5. The molecule has 2 heterocycles. The van der Waals surface area contributed by atoms with Gasteiger partial charge in [-0.05, 0) is 62.5 Å². The third-order valence-corrected chi connectivity index (χ3v) is 6.94. The Hall–Kier alpha value is -2.70. The number of carbonyl (C=O) groups excluding carboxylic acids is 1. The van der Waals surface area contributed by atoms with Crippen LogP contribution in [0.3, 0.4) is 0 Å². The molecule has 166 valence electrons. The van der Waals surface area contributed by atoms with E-state index in [0.717, 1.165) is 57.3 Å². The normalized spacial score (nSPS) is 22.4. The van der Waals surface area contributed by atoms with Crippen LogP contribution in [0.5, 0.6) is 0 Å². The van der Waals surface area contributed by atoms with E-state index in [2.05, 4.69) is 27.4 Å². The first-order chi connectivity index (χ1) is 15.0. The van der Waals surface area contributed by atoms with Crippen molar-refractivity contribution in [3.05, 3.63) is 50.5 Å². The zero-order valence-electron chi connectivity index (χ0n) is 18.2. The first-order valence-electron chi connectivity index (χ1n) is 11.5. The van der Waals surface area contributed by atoms with Gasteiger partial charge in [0, 0.05) is 31.7 Å². The van der Waals surface area contributed by atoms with E-state index < -0.39 is 0 Å². The van der Waals surface area contributed by atoms with Gasteiger partial charge in [-0.2, -0.15) is 0 Å². The van der Waals surface area contributed by atoms with Crippen LogP contribution < -0.4 is 26.4 Å². The highest BCUT2D eigenvalue weighted by Gasteiger charge is 2.30. The summed E-state index contributed by atoms with van der Waals surface area (Å²) in [7, 11) is 0. The molecule has 1 aliphatic heterocycles. The van der Waals surface area contributed by atoms with Gasteiger partial charge >= 0.3 is 0 Å². The van der Waals surface area contributed by atoms with Crippen molar-refractivity contribution in [2.24, 2.45) is 17.8 Å². The van der Waals surface area contributed by atoms with E-state index in [-0.39, 0.29) is 22.7 Å². The molecular formula is C24H32N4O3. The molecule has 7 nitrogen and oxygen atoms in total. The van der Waals surface area contributed by atoms with Gasteiger partial charge in [0.25, 0.3) is 10.9 Å². The quantitative estimate of drug-likeness (QED) is 0.664. The highest BCUT2D eigenvalue weighted by Crippen LogP contribution is 2.31. The number of nitrogens with one attached hydrogen (secondary N) is 2. The van der Waals surface area contributed by atoms with Crippen LogP contribution in [0.4, 0.5) is 11.4 Å². The summed E-state index contributed by atoms with van der Waals surface area (Å²) in [5, 5.41) is 6.27. The molecule has 0 bridgehead atoms. The molecule has 1 aromatic carbocycles. The third kappa shape index (κ3) is 4.97. The number of hydrogen-bond acceptors (Lipinski definition) is 6. The predicted molar refractivity (Wildman–Crippen MR) is 122 cm³/mol. The fourth-order valence-corrected chi connectivity index (χ4v) is 4.78. The maximum absolute atomic E-state index is 12.5. The second-order valence-corrected chi connectivity index (χ2v) is 9.19. The molecule has 0 unspecified atom stereocenters. The first kappa shape index (κ1) is 21.5. The largest absolute Gasteiger partial charge is 0.380 e. The number of pyridine rings is 1. The SMILES string of the molecule is CC1CCN(c2c(NCC3CCC(C(=O)NCc4ccccn4)CC3)c(=O)c2=O)CC1. The number of amides is 1. The highest BCUT2D eigenvalue weighted by atomic mass is 16.2. The van der Waals surface area contributed by atoms with Gasteiger partial charge in [0.1, 0.15) is 11.4 Å². The van der Waals surface area contributed by atoms with E-state index in [9.17, 15) is 14.4 Å². The van der Waals surface area contributed by atoms with Gasteiger partial charge in [0.05, 0.1) is 12.2 Å². The molecular weight excluding hydrogens is 392 g/mol. The van der Waals surface area contributed by atoms with Crippen molar-refractivity contribution >= 4 is 17.3 Å². The molecule has 0 atom stereocenters. The molecule has 7 heteroatoms. The lowest BCUT2D eigenvalue weighted by atomic mass is 9.81. The van der Waals surface area contributed by atoms with E-state index in [0.29, 0.717) is 36.3 Å². The molecule has 4 rings (SSSR count). The summed E-state index contributed by atoms with van der Waals surface area (Å²) in [6.45, 7) is 5.07. The summed E-state index contributed by atoms with van der Waals surface area (Å²) in [6, 6.07) is 5.68. The van der Waals surface area contributed by atoms with E-state index in [4.69, 9.17) is 0 Å². The Bertz CT molecular complexity index is 951. The standard InChI is InChI=1S/C24H32N4O3/c1-16-9-12-28(13-10-16)21-20(22(29)23(21)30)26-14-17-5-7-18(8-6-17)24(31)27-15-19-4-2-3-11-25-19/h2-4,11,16-18,26H,5-10,12-15H2,1H3,(H,27,31). The Morgan fingerprint density at radius 2 is 1.81 bits per heavy atom. The monoisotopic (exact) mass is 424 g/mol. The van der Waals surface area contributed by atoms with Crippen LogP contribution in [0.1, 0.15) is 51.1 Å². The van der Waals surface area contributed by atoms with Gasteiger partial charge in [-0.3, -0.25) is 19.4 Å². The molecule has 2 fully saturated rings. The van der Waals surface area contributed by atoms with E-state index in [1.54, 1.807) is 6.20 Å². The van der Waals surface area contributed by atoms with Crippen molar-refractivity contribution in [1.82, 2.24) is 10.3 Å². The van der Waals surface area contributed by atoms with Crippen LogP contribution in [-0.2, 0) is 11.3 Å². The summed E-state index contributed by atoms with van der Waals surface area (Å²) in [4.78, 5) is 43.1. The minimum atomic E-state index is -0.379. The van der Waals surface area contributed by atoms with Crippen LogP contribution in [-0.4, -0.2) is 30.5 Å². The zero-order chi connectivity index (χ0) is 21.8. The highest BCUT2D eigenvalue weighted by molar-refractivity contribution is 5.78. The van der Waals surface area contributed by atoms with Gasteiger partial charge in [0.2, 0.25) is 5.91 Å². The summed E-state index contributed by atoms with van der Waals surface area (Å²) in [6.07, 6.45) is 7.44. The summed E-state index contributed by atoms with van der Waals surface area (Å²) in [5.41, 5.74) is 1.25. The maximum Gasteiger partial charge on any atom is 0.253 e. The van der Waals surface area contributed by atoms with Crippen molar-refractivity contribution in [2.75, 3.05) is 29.9 Å². The lowest BCUT2D eigenvalue weighted by molar-refractivity contribution is -0.126. The van der Waals surface area contributed by atoms with Crippen LogP contribution >= 0.6 is 0 Å². The van der Waals surface area contributed by atoms with Crippen LogP contribution in [0.15, 0.2) is 34.0 Å². The molecule has 2 aliphatic rings. The van der Waals surface area contributed by atoms with Gasteiger partial charge in [-0.25, -0.2) is 0 Å². The third-order valence-electron chi connectivity index (χ3n) is 6.94. The van der Waals surface area contributed by atoms with Crippen LogP contribution in [0, 0.1) is 17.8 Å². The molecule has 0 spiro atoms. The Balaban J connectivity index is 1.23. The molecule has 0 radical (unpaired) electrons. The van der Waals surface area contributed by atoms with Crippen molar-refractivity contribution in [1.29, 1.82) is 0 Å². The molecule has 1 aromatic heterocycles. The second kappa shape index (κ2) is 9.62. The first-order valence-corrected chi connectivity index (χ1v) is 11.5. The summed E-state index contributed by atoms with van der Waals surface area (Å²) < 4.78 is 0. The summed E-state index contributed by atoms with van der Waals surface area (Å²) in [5.74, 6) is 1.23. The van der Waals surface area contributed by atoms with E-state index >= 15 is 0 Å². The van der Waals surface area contributed by atoms with Crippen molar-refractivity contribution in [3.8, 4) is 0 Å². The Morgan fingerprint density at radius 3 is 2.48 bits per heavy atom. The van der Waals surface area contributed by atoms with Crippen molar-refractivity contribution in [2.45, 2.75) is 52.0 Å². The van der Waals surface area contributed by atoms with Gasteiger partial charge in [-0.15, -0.1) is 0 Å². The number of anilines is 2. The molecule has 2 aromatic rings. The van der Waals surface area contributed by atoms with Crippen LogP contribution in [0.25, 0.3) is 0 Å². The lowest BCUT2D eigenvalue weighted by Crippen LogP contribution is -2.45. The number of hydrogen-bond donors (Lipinski definition) is 2. The fraction of sp³-hybridized carbons (Fsp3) is 0.583. The fourth-order valence-electron chi connectivity index (χ4n) is 4.78. The minimum Gasteiger partial charge on any atom is -0.380 e. The molecule has 1 aliphatic carbocycles.